The summed E-state index contributed by atoms with van der Waals surface area (Å²) in [5.41, 5.74) is 0. The van der Waals surface area contributed by atoms with Crippen LogP contribution in [0.15, 0.2) is 6.33 Å². The van der Waals surface area contributed by atoms with Crippen LogP contribution in [0.3, 0.4) is 0 Å². The Morgan fingerprint density at radius 2 is 2.60 bits per heavy atom. The predicted molar refractivity (Wildman–Crippen MR) is 59.9 cm³/mol. The maximum absolute atomic E-state index is 11.9. The van der Waals surface area contributed by atoms with E-state index >= 15 is 0 Å². The van der Waals surface area contributed by atoms with Gasteiger partial charge in [0, 0.05) is 6.54 Å². The van der Waals surface area contributed by atoms with Gasteiger partial charge < -0.3 is 0 Å². The zero-order valence-electron chi connectivity index (χ0n) is 8.85. The highest BCUT2D eigenvalue weighted by Gasteiger charge is 2.24. The van der Waals surface area contributed by atoms with Crippen molar-refractivity contribution < 1.29 is 4.79 Å². The normalized spacial score (nSPS) is 20.7. The van der Waals surface area contributed by atoms with Crippen LogP contribution in [-0.2, 0) is 17.8 Å². The molecule has 0 aromatic carbocycles. The predicted octanol–water partition coefficient (Wildman–Crippen LogP) is 1.31. The topological polar surface area (TPSA) is 47.8 Å². The number of carbonyl (C=O) groups is 1. The van der Waals surface area contributed by atoms with Crippen LogP contribution in [0, 0.1) is 0 Å². The fourth-order valence-corrected chi connectivity index (χ4v) is 3.01. The second kappa shape index (κ2) is 4.79. The van der Waals surface area contributed by atoms with E-state index in [0.29, 0.717) is 12.2 Å². The summed E-state index contributed by atoms with van der Waals surface area (Å²) < 4.78 is 1.79. The molecule has 1 saturated heterocycles. The van der Waals surface area contributed by atoms with Gasteiger partial charge in [-0.1, -0.05) is 0 Å². The SMILES string of the molecule is CCn1ncnc1CC(=O)C1CCCS1. The van der Waals surface area contributed by atoms with Crippen molar-refractivity contribution >= 4 is 17.5 Å². The van der Waals surface area contributed by atoms with E-state index in [1.54, 1.807) is 16.4 Å². The van der Waals surface area contributed by atoms with Gasteiger partial charge in [0.05, 0.1) is 11.7 Å². The number of hydrogen-bond acceptors (Lipinski definition) is 4. The zero-order valence-corrected chi connectivity index (χ0v) is 9.66. The Hall–Kier alpha value is -0.840. The summed E-state index contributed by atoms with van der Waals surface area (Å²) in [6.45, 7) is 2.79. The van der Waals surface area contributed by atoms with Crippen LogP contribution in [-0.4, -0.2) is 31.6 Å². The zero-order chi connectivity index (χ0) is 10.7. The molecule has 1 aromatic rings. The number of ketones is 1. The van der Waals surface area contributed by atoms with Gasteiger partial charge in [0.15, 0.2) is 5.78 Å². The lowest BCUT2D eigenvalue weighted by Crippen LogP contribution is -2.19. The van der Waals surface area contributed by atoms with Crippen LogP contribution in [0.2, 0.25) is 0 Å². The number of thioether (sulfide) groups is 1. The molecule has 0 N–H and O–H groups in total. The Balaban J connectivity index is 1.98. The van der Waals surface area contributed by atoms with Gasteiger partial charge in [0.1, 0.15) is 12.2 Å². The molecule has 4 nitrogen and oxygen atoms in total. The average Bonchev–Trinajstić information content (AvgIpc) is 2.87. The van der Waals surface area contributed by atoms with E-state index in [4.69, 9.17) is 0 Å². The average molecular weight is 225 g/mol. The lowest BCUT2D eigenvalue weighted by Gasteiger charge is -2.07. The van der Waals surface area contributed by atoms with Gasteiger partial charge in [-0.05, 0) is 25.5 Å². The number of hydrogen-bond donors (Lipinski definition) is 0. The molecule has 82 valence electrons. The summed E-state index contributed by atoms with van der Waals surface area (Å²) in [6, 6.07) is 0. The lowest BCUT2D eigenvalue weighted by molar-refractivity contribution is -0.118. The fraction of sp³-hybridized carbons (Fsp3) is 0.700. The molecular weight excluding hydrogens is 210 g/mol. The molecule has 0 amide bonds. The third-order valence-electron chi connectivity index (χ3n) is 2.62. The molecular formula is C10H15N3OS. The third-order valence-corrected chi connectivity index (χ3v) is 4.04. The summed E-state index contributed by atoms with van der Waals surface area (Å²) in [5, 5.41) is 4.26. The van der Waals surface area contributed by atoms with E-state index in [0.717, 1.165) is 24.5 Å². The van der Waals surface area contributed by atoms with Gasteiger partial charge in [-0.25, -0.2) is 9.67 Å². The van der Waals surface area contributed by atoms with Gasteiger partial charge in [-0.2, -0.15) is 16.9 Å². The Morgan fingerprint density at radius 1 is 1.73 bits per heavy atom. The number of Topliss-reactive ketones (excluding diaryl/α,β-unsaturated/α-hetero) is 1. The van der Waals surface area contributed by atoms with Crippen molar-refractivity contribution in [2.24, 2.45) is 0 Å². The van der Waals surface area contributed by atoms with Crippen molar-refractivity contribution in [2.75, 3.05) is 5.75 Å². The van der Waals surface area contributed by atoms with Gasteiger partial charge in [-0.15, -0.1) is 0 Å². The molecule has 1 aliphatic heterocycles. The van der Waals surface area contributed by atoms with Crippen LogP contribution >= 0.6 is 11.8 Å². The highest BCUT2D eigenvalue weighted by atomic mass is 32.2. The van der Waals surface area contributed by atoms with Crippen LogP contribution in [0.1, 0.15) is 25.6 Å². The van der Waals surface area contributed by atoms with Crippen molar-refractivity contribution in [3.63, 3.8) is 0 Å². The summed E-state index contributed by atoms with van der Waals surface area (Å²) in [4.78, 5) is 16.0. The Labute approximate surface area is 93.5 Å². The molecule has 0 aliphatic carbocycles. The smallest absolute Gasteiger partial charge is 0.153 e. The molecule has 1 atom stereocenters. The van der Waals surface area contributed by atoms with Crippen molar-refractivity contribution in [1.29, 1.82) is 0 Å². The molecule has 1 fully saturated rings. The highest BCUT2D eigenvalue weighted by molar-refractivity contribution is 8.00. The van der Waals surface area contributed by atoms with Crippen LogP contribution in [0.4, 0.5) is 0 Å². The third kappa shape index (κ3) is 2.40. The highest BCUT2D eigenvalue weighted by Crippen LogP contribution is 2.27. The maximum Gasteiger partial charge on any atom is 0.153 e. The van der Waals surface area contributed by atoms with Gasteiger partial charge >= 0.3 is 0 Å². The molecule has 0 spiro atoms. The Bertz CT molecular complexity index is 344. The van der Waals surface area contributed by atoms with Crippen molar-refractivity contribution in [3.8, 4) is 0 Å². The minimum atomic E-state index is 0.201. The monoisotopic (exact) mass is 225 g/mol. The fourth-order valence-electron chi connectivity index (χ4n) is 1.79. The molecule has 0 saturated carbocycles. The number of nitrogens with zero attached hydrogens (tertiary/aromatic N) is 3. The van der Waals surface area contributed by atoms with Gasteiger partial charge in [0.2, 0.25) is 0 Å². The van der Waals surface area contributed by atoms with E-state index in [-0.39, 0.29) is 5.25 Å². The molecule has 1 unspecified atom stereocenters. The largest absolute Gasteiger partial charge is 0.298 e. The number of rotatable bonds is 4. The van der Waals surface area contributed by atoms with E-state index < -0.39 is 0 Å². The van der Waals surface area contributed by atoms with Crippen LogP contribution in [0.25, 0.3) is 0 Å². The summed E-state index contributed by atoms with van der Waals surface area (Å²) in [7, 11) is 0. The maximum atomic E-state index is 11.9. The molecule has 5 heteroatoms. The second-order valence-electron chi connectivity index (χ2n) is 3.64. The molecule has 15 heavy (non-hydrogen) atoms. The molecule has 2 heterocycles. The number of carbonyl (C=O) groups excluding carboxylic acids is 1. The lowest BCUT2D eigenvalue weighted by atomic mass is 10.1. The molecule has 0 bridgehead atoms. The van der Waals surface area contributed by atoms with Crippen molar-refractivity contribution in [3.05, 3.63) is 12.2 Å². The molecule has 1 aromatic heterocycles. The summed E-state index contributed by atoms with van der Waals surface area (Å²) in [5.74, 6) is 2.23. The van der Waals surface area contributed by atoms with E-state index in [1.165, 1.54) is 12.7 Å². The minimum Gasteiger partial charge on any atom is -0.298 e. The molecule has 1 aliphatic rings. The van der Waals surface area contributed by atoms with Crippen LogP contribution < -0.4 is 0 Å². The first-order chi connectivity index (χ1) is 7.31. The number of aryl methyl sites for hydroxylation is 1. The Morgan fingerprint density at radius 3 is 3.27 bits per heavy atom. The first-order valence-corrected chi connectivity index (χ1v) is 6.37. The standard InChI is InChI=1S/C10H15N3OS/c1-2-13-10(11-7-12-13)6-8(14)9-4-3-5-15-9/h7,9H,2-6H2,1H3. The van der Waals surface area contributed by atoms with Crippen molar-refractivity contribution in [1.82, 2.24) is 14.8 Å². The van der Waals surface area contributed by atoms with Gasteiger partial charge in [0.25, 0.3) is 0 Å². The van der Waals surface area contributed by atoms with E-state index in [9.17, 15) is 4.79 Å². The van der Waals surface area contributed by atoms with Crippen molar-refractivity contribution in [2.45, 2.75) is 38.0 Å². The molecule has 2 rings (SSSR count). The van der Waals surface area contributed by atoms with E-state index in [1.807, 2.05) is 6.92 Å². The minimum absolute atomic E-state index is 0.201. The quantitative estimate of drug-likeness (QED) is 0.775. The number of aromatic nitrogens is 3. The first-order valence-electron chi connectivity index (χ1n) is 5.32. The second-order valence-corrected chi connectivity index (χ2v) is 4.95. The Kier molecular flexibility index (Phi) is 3.41. The van der Waals surface area contributed by atoms with Crippen LogP contribution in [0.5, 0.6) is 0 Å². The summed E-state index contributed by atoms with van der Waals surface area (Å²) in [6.07, 6.45) is 4.16. The summed E-state index contributed by atoms with van der Waals surface area (Å²) >= 11 is 1.78. The first kappa shape index (κ1) is 10.7. The van der Waals surface area contributed by atoms with E-state index in [2.05, 4.69) is 10.1 Å². The molecule has 0 radical (unpaired) electrons. The van der Waals surface area contributed by atoms with Gasteiger partial charge in [-0.3, -0.25) is 4.79 Å².